The van der Waals surface area contributed by atoms with Gasteiger partial charge in [0.15, 0.2) is 0 Å². The number of benzene rings is 1. The number of hydrogen-bond acceptors (Lipinski definition) is 2. The van der Waals surface area contributed by atoms with Crippen LogP contribution in [0.25, 0.3) is 0 Å². The number of rotatable bonds is 6. The molecule has 1 aromatic carbocycles. The molecule has 0 aromatic heterocycles. The molecule has 19 heavy (non-hydrogen) atoms. The fraction of sp³-hybridized carbons (Fsp3) is 0.385. The lowest BCUT2D eigenvalue weighted by Gasteiger charge is -2.14. The summed E-state index contributed by atoms with van der Waals surface area (Å²) in [6, 6.07) is 4.96. The van der Waals surface area contributed by atoms with E-state index in [4.69, 9.17) is 5.11 Å². The van der Waals surface area contributed by atoms with Crippen molar-refractivity contribution in [3.63, 3.8) is 0 Å². The highest BCUT2D eigenvalue weighted by Crippen LogP contribution is 2.08. The summed E-state index contributed by atoms with van der Waals surface area (Å²) in [5.41, 5.74) is 1.27. The van der Waals surface area contributed by atoms with Crippen LogP contribution in [0.15, 0.2) is 24.3 Å². The lowest BCUT2D eigenvalue weighted by Crippen LogP contribution is -2.42. The summed E-state index contributed by atoms with van der Waals surface area (Å²) < 4.78 is 24.4. The predicted molar refractivity (Wildman–Crippen MR) is 65.3 cm³/mol. The molecule has 6 heteroatoms. The molecule has 0 saturated heterocycles. The number of alkyl halides is 2. The highest BCUT2D eigenvalue weighted by Gasteiger charge is 2.24. The van der Waals surface area contributed by atoms with Crippen LogP contribution in [0.5, 0.6) is 0 Å². The van der Waals surface area contributed by atoms with Gasteiger partial charge in [-0.15, -0.1) is 0 Å². The average Bonchev–Trinajstić information content (AvgIpc) is 2.37. The van der Waals surface area contributed by atoms with E-state index in [1.54, 1.807) is 12.1 Å². The lowest BCUT2D eigenvalue weighted by atomic mass is 10.1. The Morgan fingerprint density at radius 1 is 1.26 bits per heavy atom. The van der Waals surface area contributed by atoms with Gasteiger partial charge in [-0.25, -0.2) is 13.6 Å². The van der Waals surface area contributed by atoms with E-state index < -0.39 is 30.8 Å². The van der Waals surface area contributed by atoms with Crippen LogP contribution in [0.1, 0.15) is 29.3 Å². The van der Waals surface area contributed by atoms with Crippen LogP contribution < -0.4 is 5.32 Å². The Morgan fingerprint density at radius 3 is 2.26 bits per heavy atom. The van der Waals surface area contributed by atoms with Gasteiger partial charge in [-0.05, 0) is 24.1 Å². The molecule has 0 aliphatic heterocycles. The van der Waals surface area contributed by atoms with E-state index in [2.05, 4.69) is 5.32 Å². The molecule has 0 fully saturated rings. The molecule has 4 nitrogen and oxygen atoms in total. The van der Waals surface area contributed by atoms with Crippen molar-refractivity contribution in [3.8, 4) is 0 Å². The van der Waals surface area contributed by atoms with Crippen molar-refractivity contribution < 1.29 is 23.5 Å². The molecule has 1 atom stereocenters. The smallest absolute Gasteiger partial charge is 0.326 e. The molecule has 104 valence electrons. The van der Waals surface area contributed by atoms with Crippen LogP contribution in [0, 0.1) is 0 Å². The average molecular weight is 271 g/mol. The zero-order chi connectivity index (χ0) is 14.4. The van der Waals surface area contributed by atoms with Crippen molar-refractivity contribution in [1.82, 2.24) is 5.32 Å². The number of halogens is 2. The van der Waals surface area contributed by atoms with E-state index in [1.807, 2.05) is 6.92 Å². The third-order valence-electron chi connectivity index (χ3n) is 2.64. The molecule has 0 spiro atoms. The number of nitrogens with one attached hydrogen (secondary N) is 1. The van der Waals surface area contributed by atoms with E-state index in [0.29, 0.717) is 0 Å². The van der Waals surface area contributed by atoms with Gasteiger partial charge >= 0.3 is 5.97 Å². The molecule has 0 aliphatic carbocycles. The second kappa shape index (κ2) is 6.82. The quantitative estimate of drug-likeness (QED) is 0.832. The van der Waals surface area contributed by atoms with Crippen molar-refractivity contribution in [3.05, 3.63) is 35.4 Å². The number of carboxylic acids is 1. The van der Waals surface area contributed by atoms with Crippen molar-refractivity contribution in [2.24, 2.45) is 0 Å². The topological polar surface area (TPSA) is 66.4 Å². The number of hydrogen-bond donors (Lipinski definition) is 2. The maximum absolute atomic E-state index is 12.2. The van der Waals surface area contributed by atoms with E-state index in [9.17, 15) is 18.4 Å². The minimum absolute atomic E-state index is 0.248. The van der Waals surface area contributed by atoms with Gasteiger partial charge in [0.05, 0.1) is 0 Å². The SMILES string of the molecule is CCc1ccc(C(=O)NC(CC(F)F)C(=O)O)cc1. The molecule has 0 aliphatic rings. The second-order valence-corrected chi connectivity index (χ2v) is 4.04. The summed E-state index contributed by atoms with van der Waals surface area (Å²) in [6.45, 7) is 1.96. The molecule has 1 aromatic rings. The number of aryl methyl sites for hydroxylation is 1. The third kappa shape index (κ3) is 4.65. The van der Waals surface area contributed by atoms with Crippen molar-refractivity contribution in [2.75, 3.05) is 0 Å². The van der Waals surface area contributed by atoms with E-state index in [-0.39, 0.29) is 5.56 Å². The first kappa shape index (κ1) is 15.1. The van der Waals surface area contributed by atoms with Crippen LogP contribution in [-0.4, -0.2) is 29.5 Å². The van der Waals surface area contributed by atoms with E-state index >= 15 is 0 Å². The van der Waals surface area contributed by atoms with Gasteiger partial charge in [0, 0.05) is 12.0 Å². The maximum Gasteiger partial charge on any atom is 0.326 e. The number of aliphatic carboxylic acids is 1. The first-order valence-electron chi connectivity index (χ1n) is 5.84. The fourth-order valence-corrected chi connectivity index (χ4v) is 1.53. The number of carboxylic acid groups (broad SMARTS) is 1. The Bertz CT molecular complexity index is 446. The largest absolute Gasteiger partial charge is 0.480 e. The third-order valence-corrected chi connectivity index (χ3v) is 2.64. The molecule has 1 unspecified atom stereocenters. The highest BCUT2D eigenvalue weighted by molar-refractivity contribution is 5.96. The van der Waals surface area contributed by atoms with E-state index in [0.717, 1.165) is 12.0 Å². The van der Waals surface area contributed by atoms with Crippen molar-refractivity contribution in [2.45, 2.75) is 32.2 Å². The second-order valence-electron chi connectivity index (χ2n) is 4.04. The van der Waals surface area contributed by atoms with Gasteiger partial charge in [-0.1, -0.05) is 19.1 Å². The summed E-state index contributed by atoms with van der Waals surface area (Å²) in [7, 11) is 0. The standard InChI is InChI=1S/C13H15F2NO3/c1-2-8-3-5-9(6-4-8)12(17)16-10(13(18)19)7-11(14)15/h3-6,10-11H,2,7H2,1H3,(H,16,17)(H,18,19). The molecule has 0 saturated carbocycles. The molecule has 2 N–H and O–H groups in total. The Hall–Kier alpha value is -1.98. The molecular formula is C13H15F2NO3. The molecule has 0 heterocycles. The van der Waals surface area contributed by atoms with Gasteiger partial charge < -0.3 is 10.4 Å². The summed E-state index contributed by atoms with van der Waals surface area (Å²) in [6.07, 6.45) is -2.89. The van der Waals surface area contributed by atoms with Crippen LogP contribution in [-0.2, 0) is 11.2 Å². The van der Waals surface area contributed by atoms with Gasteiger partial charge in [0.1, 0.15) is 6.04 Å². The summed E-state index contributed by atoms with van der Waals surface area (Å²) in [5.74, 6) is -2.14. The predicted octanol–water partition coefficient (Wildman–Crippen LogP) is 2.09. The van der Waals surface area contributed by atoms with Crippen LogP contribution in [0.3, 0.4) is 0 Å². The van der Waals surface area contributed by atoms with Gasteiger partial charge in [0.2, 0.25) is 6.43 Å². The Balaban J connectivity index is 2.72. The van der Waals surface area contributed by atoms with Gasteiger partial charge in [-0.2, -0.15) is 0 Å². The normalized spacial score (nSPS) is 12.2. The maximum atomic E-state index is 12.2. The molecule has 0 radical (unpaired) electrons. The van der Waals surface area contributed by atoms with Crippen LogP contribution >= 0.6 is 0 Å². The minimum atomic E-state index is -2.79. The van der Waals surface area contributed by atoms with Crippen LogP contribution in [0.2, 0.25) is 0 Å². The Kier molecular flexibility index (Phi) is 5.41. The Labute approximate surface area is 109 Å². The lowest BCUT2D eigenvalue weighted by molar-refractivity contribution is -0.140. The van der Waals surface area contributed by atoms with Gasteiger partial charge in [-0.3, -0.25) is 4.79 Å². The number of amides is 1. The monoisotopic (exact) mass is 271 g/mol. The first-order valence-corrected chi connectivity index (χ1v) is 5.84. The van der Waals surface area contributed by atoms with Crippen molar-refractivity contribution >= 4 is 11.9 Å². The zero-order valence-corrected chi connectivity index (χ0v) is 10.4. The first-order chi connectivity index (χ1) is 8.93. The van der Waals surface area contributed by atoms with Crippen LogP contribution in [0.4, 0.5) is 8.78 Å². The fourth-order valence-electron chi connectivity index (χ4n) is 1.53. The van der Waals surface area contributed by atoms with Crippen molar-refractivity contribution in [1.29, 1.82) is 0 Å². The molecule has 1 rings (SSSR count). The summed E-state index contributed by atoms with van der Waals surface area (Å²) in [5, 5.41) is 10.8. The number of carbonyl (C=O) groups excluding carboxylic acids is 1. The highest BCUT2D eigenvalue weighted by atomic mass is 19.3. The van der Waals surface area contributed by atoms with Gasteiger partial charge in [0.25, 0.3) is 5.91 Å². The summed E-state index contributed by atoms with van der Waals surface area (Å²) in [4.78, 5) is 22.5. The number of carbonyl (C=O) groups is 2. The zero-order valence-electron chi connectivity index (χ0n) is 10.4. The Morgan fingerprint density at radius 2 is 1.84 bits per heavy atom. The molecular weight excluding hydrogens is 256 g/mol. The van der Waals surface area contributed by atoms with E-state index in [1.165, 1.54) is 12.1 Å². The minimum Gasteiger partial charge on any atom is -0.480 e. The molecule has 1 amide bonds. The molecule has 0 bridgehead atoms. The summed E-state index contributed by atoms with van der Waals surface area (Å²) >= 11 is 0.